The molecule has 1 fully saturated rings. The third-order valence-corrected chi connectivity index (χ3v) is 7.59. The number of aliphatic hydroxyl groups excluding tert-OH is 2. The molecule has 4 atom stereocenters. The quantitative estimate of drug-likeness (QED) is 0.353. The molecule has 2 unspecified atom stereocenters. The first-order valence-corrected chi connectivity index (χ1v) is 11.3. The van der Waals surface area contributed by atoms with Gasteiger partial charge in [0.1, 0.15) is 17.1 Å². The van der Waals surface area contributed by atoms with Crippen LogP contribution in [0.5, 0.6) is 0 Å². The number of ketones is 2. The Morgan fingerprint density at radius 2 is 1.86 bits per heavy atom. The molecule has 2 aromatic rings. The Balaban J connectivity index is 1.81. The minimum absolute atomic E-state index is 0.0355. The maximum atomic E-state index is 13.9. The third kappa shape index (κ3) is 2.88. The van der Waals surface area contributed by atoms with Crippen LogP contribution < -0.4 is 16.4 Å². The molecule has 0 aliphatic heterocycles. The van der Waals surface area contributed by atoms with Gasteiger partial charge in [0, 0.05) is 31.3 Å². The zero-order chi connectivity index (χ0) is 26.4. The van der Waals surface area contributed by atoms with Crippen LogP contribution in [0.1, 0.15) is 17.5 Å². The molecule has 12 nitrogen and oxygen atoms in total. The molecular formula is C24H26N4O8. The highest BCUT2D eigenvalue weighted by atomic mass is 16.4. The topological polar surface area (TPSA) is 190 Å². The van der Waals surface area contributed by atoms with Crippen molar-refractivity contribution >= 4 is 40.0 Å². The van der Waals surface area contributed by atoms with Gasteiger partial charge in [0.05, 0.1) is 17.1 Å². The molecule has 0 saturated heterocycles. The van der Waals surface area contributed by atoms with Gasteiger partial charge in [0.2, 0.25) is 5.78 Å². The van der Waals surface area contributed by atoms with Gasteiger partial charge < -0.3 is 30.4 Å². The standard InChI is InChI=1S/C24H26N4O8/c1-27(2)12-7-11-19(36-23(34)26-11)14-9(12)5-8-6-10-16(28(3)4)18(30)15(22(25)33)21(32)24(10,35)20(31)13(8)17(14)29/h7-8,10,16,29,32,35H,5-6H2,1-4H3,(H2,25,33)(H,26,34)/t8?,10?,16-,24-/m0/s1. The molecule has 3 aliphatic carbocycles. The number of carbonyl (C=O) groups excluding carboxylic acids is 3. The van der Waals surface area contributed by atoms with Crippen LogP contribution >= 0.6 is 0 Å². The number of aromatic nitrogens is 1. The number of primary amides is 1. The number of amides is 1. The van der Waals surface area contributed by atoms with Crippen LogP contribution in [0, 0.1) is 11.8 Å². The summed E-state index contributed by atoms with van der Waals surface area (Å²) in [5.41, 5.74) is 3.44. The number of hydrogen-bond acceptors (Lipinski definition) is 10. The fraction of sp³-hybridized carbons (Fsp3) is 0.417. The number of nitrogens with zero attached hydrogens (tertiary/aromatic N) is 2. The number of rotatable bonds is 3. The van der Waals surface area contributed by atoms with Crippen LogP contribution in [0.15, 0.2) is 32.2 Å². The average molecular weight is 498 g/mol. The van der Waals surface area contributed by atoms with Gasteiger partial charge in [-0.3, -0.25) is 24.3 Å². The Bertz CT molecular complexity index is 1490. The summed E-state index contributed by atoms with van der Waals surface area (Å²) in [6.45, 7) is 0. The summed E-state index contributed by atoms with van der Waals surface area (Å²) in [4.78, 5) is 56.9. The van der Waals surface area contributed by atoms with Crippen molar-refractivity contribution in [3.8, 4) is 0 Å². The molecule has 3 aliphatic rings. The lowest BCUT2D eigenvalue weighted by molar-refractivity contribution is -0.153. The third-order valence-electron chi connectivity index (χ3n) is 7.59. The van der Waals surface area contributed by atoms with Crippen molar-refractivity contribution in [2.75, 3.05) is 33.1 Å². The fourth-order valence-corrected chi connectivity index (χ4v) is 6.10. The van der Waals surface area contributed by atoms with Gasteiger partial charge in [-0.15, -0.1) is 0 Å². The Hall–Kier alpha value is -3.90. The number of Topliss-reactive ketones (excluding diaryl/α,β-unsaturated/α-hetero) is 2. The minimum Gasteiger partial charge on any atom is -0.508 e. The molecule has 6 N–H and O–H groups in total. The zero-order valence-corrected chi connectivity index (χ0v) is 20.1. The first-order valence-electron chi connectivity index (χ1n) is 11.3. The molecule has 0 radical (unpaired) electrons. The van der Waals surface area contributed by atoms with E-state index >= 15 is 0 Å². The largest absolute Gasteiger partial charge is 0.508 e. The van der Waals surface area contributed by atoms with Crippen molar-refractivity contribution in [2.24, 2.45) is 17.6 Å². The summed E-state index contributed by atoms with van der Waals surface area (Å²) >= 11 is 0. The van der Waals surface area contributed by atoms with Crippen LogP contribution in [0.4, 0.5) is 5.69 Å². The number of aromatic amines is 1. The number of H-pyrrole nitrogens is 1. The van der Waals surface area contributed by atoms with Crippen LogP contribution in [0.25, 0.3) is 16.9 Å². The molecular weight excluding hydrogens is 472 g/mol. The summed E-state index contributed by atoms with van der Waals surface area (Å²) in [6, 6.07) is 0.583. The monoisotopic (exact) mass is 498 g/mol. The molecule has 1 saturated carbocycles. The van der Waals surface area contributed by atoms with E-state index in [0.717, 1.165) is 0 Å². The summed E-state index contributed by atoms with van der Waals surface area (Å²) in [7, 11) is 6.69. The molecule has 1 aromatic heterocycles. The zero-order valence-electron chi connectivity index (χ0n) is 20.1. The highest BCUT2D eigenvalue weighted by Crippen LogP contribution is 2.53. The van der Waals surface area contributed by atoms with E-state index in [2.05, 4.69) is 4.98 Å². The van der Waals surface area contributed by atoms with Crippen molar-refractivity contribution in [3.05, 3.63) is 44.6 Å². The summed E-state index contributed by atoms with van der Waals surface area (Å²) in [5, 5.41) is 34.0. The molecule has 1 aromatic carbocycles. The number of likely N-dealkylation sites (N-methyl/N-ethyl adjacent to an activating group) is 1. The predicted octanol–water partition coefficient (Wildman–Crippen LogP) is -0.241. The number of carbonyl (C=O) groups is 3. The van der Waals surface area contributed by atoms with Gasteiger partial charge in [-0.05, 0) is 44.5 Å². The van der Waals surface area contributed by atoms with Crippen LogP contribution in [0.2, 0.25) is 0 Å². The molecule has 0 spiro atoms. The van der Waals surface area contributed by atoms with Gasteiger partial charge >= 0.3 is 5.76 Å². The smallest absolute Gasteiger partial charge is 0.417 e. The van der Waals surface area contributed by atoms with E-state index in [1.807, 2.05) is 0 Å². The van der Waals surface area contributed by atoms with E-state index in [0.29, 0.717) is 16.8 Å². The SMILES string of the molecule is CN(C)c1cc2[nH]c(=O)oc2c2c1CC1CC3[C@H](N(C)C)C(=O)C(C(N)=O)=C(O)[C@@]3(O)C(=O)C1=C2O. The lowest BCUT2D eigenvalue weighted by atomic mass is 9.57. The second kappa shape index (κ2) is 7.55. The maximum Gasteiger partial charge on any atom is 0.417 e. The van der Waals surface area contributed by atoms with Gasteiger partial charge in [0.25, 0.3) is 5.91 Å². The maximum absolute atomic E-state index is 13.9. The van der Waals surface area contributed by atoms with Crippen molar-refractivity contribution in [1.82, 2.24) is 9.88 Å². The van der Waals surface area contributed by atoms with Crippen molar-refractivity contribution < 1.29 is 34.1 Å². The van der Waals surface area contributed by atoms with Gasteiger partial charge in [0.15, 0.2) is 17.0 Å². The van der Waals surface area contributed by atoms with E-state index in [-0.39, 0.29) is 29.6 Å². The molecule has 190 valence electrons. The van der Waals surface area contributed by atoms with Gasteiger partial charge in [-0.1, -0.05) is 0 Å². The van der Waals surface area contributed by atoms with E-state index in [4.69, 9.17) is 10.2 Å². The Kier molecular flexibility index (Phi) is 4.99. The fourth-order valence-electron chi connectivity index (χ4n) is 6.10. The van der Waals surface area contributed by atoms with E-state index < -0.39 is 63.8 Å². The van der Waals surface area contributed by atoms with Crippen molar-refractivity contribution in [1.29, 1.82) is 0 Å². The van der Waals surface area contributed by atoms with Crippen molar-refractivity contribution in [3.63, 3.8) is 0 Å². The van der Waals surface area contributed by atoms with Crippen LogP contribution in [-0.4, -0.2) is 82.5 Å². The number of anilines is 1. The summed E-state index contributed by atoms with van der Waals surface area (Å²) in [5.74, 6) is -7.20. The lowest BCUT2D eigenvalue weighted by Gasteiger charge is -2.50. The van der Waals surface area contributed by atoms with E-state index in [1.165, 1.54) is 4.90 Å². The average Bonchev–Trinajstić information content (AvgIpc) is 3.14. The molecule has 36 heavy (non-hydrogen) atoms. The number of nitrogens with one attached hydrogen (secondary N) is 1. The predicted molar refractivity (Wildman–Crippen MR) is 127 cm³/mol. The highest BCUT2D eigenvalue weighted by Gasteiger charge is 2.64. The van der Waals surface area contributed by atoms with Crippen LogP contribution in [0.3, 0.4) is 0 Å². The number of oxazole rings is 1. The minimum atomic E-state index is -2.66. The first kappa shape index (κ1) is 23.8. The van der Waals surface area contributed by atoms with Gasteiger partial charge in [-0.2, -0.15) is 0 Å². The number of hydrogen-bond donors (Lipinski definition) is 5. The number of aliphatic hydroxyl groups is 3. The van der Waals surface area contributed by atoms with Crippen LogP contribution in [-0.2, 0) is 20.8 Å². The molecule has 0 bridgehead atoms. The molecule has 1 heterocycles. The summed E-state index contributed by atoms with van der Waals surface area (Å²) < 4.78 is 5.28. The normalized spacial score (nSPS) is 27.9. The molecule has 12 heteroatoms. The Labute approximate surface area is 204 Å². The Morgan fingerprint density at radius 1 is 1.19 bits per heavy atom. The van der Waals surface area contributed by atoms with Crippen molar-refractivity contribution in [2.45, 2.75) is 24.5 Å². The number of nitrogens with two attached hydrogens (primary N) is 1. The van der Waals surface area contributed by atoms with E-state index in [9.17, 15) is 34.5 Å². The number of benzene rings is 1. The second-order valence-electron chi connectivity index (χ2n) is 10.00. The highest BCUT2D eigenvalue weighted by molar-refractivity contribution is 6.24. The first-order chi connectivity index (χ1) is 16.8. The van der Waals surface area contributed by atoms with Gasteiger partial charge in [-0.25, -0.2) is 4.79 Å². The number of fused-ring (bicyclic) bond motifs is 5. The molecule has 5 rings (SSSR count). The van der Waals surface area contributed by atoms with E-state index in [1.54, 1.807) is 39.2 Å². The second-order valence-corrected chi connectivity index (χ2v) is 10.00. The molecule has 1 amide bonds. The lowest BCUT2D eigenvalue weighted by Crippen LogP contribution is -2.65. The summed E-state index contributed by atoms with van der Waals surface area (Å²) in [6.07, 6.45) is 0.265. The Morgan fingerprint density at radius 3 is 2.44 bits per heavy atom.